The monoisotopic (exact) mass is 341 g/mol. The van der Waals surface area contributed by atoms with Gasteiger partial charge in [-0.15, -0.1) is 0 Å². The fraction of sp³-hybridized carbons (Fsp3) is 0.882. The highest BCUT2D eigenvalue weighted by atomic mass is 16.6. The van der Waals surface area contributed by atoms with Gasteiger partial charge in [-0.3, -0.25) is 4.79 Å². The molecule has 2 aliphatic heterocycles. The van der Waals surface area contributed by atoms with Crippen LogP contribution in [-0.2, 0) is 9.53 Å². The van der Waals surface area contributed by atoms with E-state index >= 15 is 0 Å². The SMILES string of the molecule is CC(C)CN(C)CCCN1CC2(CCN(C(=O)CO)CC2)OC1=O. The first-order valence-corrected chi connectivity index (χ1v) is 8.90. The van der Waals surface area contributed by atoms with Crippen molar-refractivity contribution in [3.05, 3.63) is 0 Å². The lowest BCUT2D eigenvalue weighted by Crippen LogP contribution is -2.49. The van der Waals surface area contributed by atoms with Crippen LogP contribution < -0.4 is 0 Å². The molecule has 2 fully saturated rings. The summed E-state index contributed by atoms with van der Waals surface area (Å²) >= 11 is 0. The van der Waals surface area contributed by atoms with E-state index in [1.165, 1.54) is 0 Å². The summed E-state index contributed by atoms with van der Waals surface area (Å²) in [6.07, 6.45) is 2.00. The Morgan fingerprint density at radius 2 is 2.04 bits per heavy atom. The molecule has 0 saturated carbocycles. The summed E-state index contributed by atoms with van der Waals surface area (Å²) in [6.45, 7) is 8.37. The lowest BCUT2D eigenvalue weighted by Gasteiger charge is -2.37. The fourth-order valence-electron chi connectivity index (χ4n) is 3.63. The molecule has 0 atom stereocenters. The molecule has 2 amide bonds. The van der Waals surface area contributed by atoms with E-state index in [1.54, 1.807) is 9.80 Å². The number of likely N-dealkylation sites (tertiary alicyclic amines) is 1. The molecular formula is C17H31N3O4. The summed E-state index contributed by atoms with van der Waals surface area (Å²) in [7, 11) is 2.11. The maximum absolute atomic E-state index is 12.1. The molecular weight excluding hydrogens is 310 g/mol. The van der Waals surface area contributed by atoms with Gasteiger partial charge >= 0.3 is 6.09 Å². The van der Waals surface area contributed by atoms with Crippen molar-refractivity contribution < 1.29 is 19.4 Å². The maximum atomic E-state index is 12.1. The predicted octanol–water partition coefficient (Wildman–Crippen LogP) is 0.770. The number of amides is 2. The van der Waals surface area contributed by atoms with Gasteiger partial charge in [0.25, 0.3) is 0 Å². The molecule has 2 heterocycles. The minimum absolute atomic E-state index is 0.233. The van der Waals surface area contributed by atoms with Crippen LogP contribution >= 0.6 is 0 Å². The van der Waals surface area contributed by atoms with Crippen LogP contribution in [0.5, 0.6) is 0 Å². The largest absolute Gasteiger partial charge is 0.441 e. The summed E-state index contributed by atoms with van der Waals surface area (Å²) in [6, 6.07) is 0. The molecule has 138 valence electrons. The van der Waals surface area contributed by atoms with E-state index in [9.17, 15) is 9.59 Å². The number of hydrogen-bond acceptors (Lipinski definition) is 5. The van der Waals surface area contributed by atoms with E-state index in [2.05, 4.69) is 25.8 Å². The van der Waals surface area contributed by atoms with Gasteiger partial charge in [-0.1, -0.05) is 13.8 Å². The van der Waals surface area contributed by atoms with Crippen molar-refractivity contribution in [3.8, 4) is 0 Å². The average molecular weight is 341 g/mol. The van der Waals surface area contributed by atoms with Crippen LogP contribution in [-0.4, -0.2) is 90.3 Å². The molecule has 0 aromatic rings. The molecule has 0 bridgehead atoms. The number of nitrogens with zero attached hydrogens (tertiary/aromatic N) is 3. The number of ether oxygens (including phenoxy) is 1. The van der Waals surface area contributed by atoms with Crippen molar-refractivity contribution in [1.29, 1.82) is 0 Å². The highest BCUT2D eigenvalue weighted by molar-refractivity contribution is 5.77. The Morgan fingerprint density at radius 3 is 2.62 bits per heavy atom. The van der Waals surface area contributed by atoms with Gasteiger partial charge in [0.1, 0.15) is 12.2 Å². The zero-order valence-corrected chi connectivity index (χ0v) is 15.2. The number of aliphatic hydroxyl groups is 1. The average Bonchev–Trinajstić information content (AvgIpc) is 2.82. The molecule has 7 nitrogen and oxygen atoms in total. The first kappa shape index (κ1) is 19.0. The molecule has 0 aromatic heterocycles. The van der Waals surface area contributed by atoms with Crippen LogP contribution in [0.1, 0.15) is 33.1 Å². The van der Waals surface area contributed by atoms with Gasteiger partial charge in [0.15, 0.2) is 0 Å². The van der Waals surface area contributed by atoms with Crippen LogP contribution in [0, 0.1) is 5.92 Å². The Kier molecular flexibility index (Phi) is 6.46. The second-order valence-electron chi connectivity index (χ2n) is 7.52. The normalized spacial score (nSPS) is 20.3. The van der Waals surface area contributed by atoms with Gasteiger partial charge in [-0.05, 0) is 25.9 Å². The summed E-state index contributed by atoms with van der Waals surface area (Å²) < 4.78 is 5.66. The molecule has 7 heteroatoms. The van der Waals surface area contributed by atoms with Gasteiger partial charge in [-0.2, -0.15) is 0 Å². The van der Waals surface area contributed by atoms with Crippen molar-refractivity contribution in [2.24, 2.45) is 5.92 Å². The number of carbonyl (C=O) groups is 2. The molecule has 0 unspecified atom stereocenters. The van der Waals surface area contributed by atoms with Crippen molar-refractivity contribution in [2.45, 2.75) is 38.7 Å². The molecule has 0 aliphatic carbocycles. The lowest BCUT2D eigenvalue weighted by molar-refractivity contribution is -0.137. The van der Waals surface area contributed by atoms with Crippen molar-refractivity contribution in [1.82, 2.24) is 14.7 Å². The number of rotatable bonds is 7. The fourth-order valence-corrected chi connectivity index (χ4v) is 3.63. The summed E-state index contributed by atoms with van der Waals surface area (Å²) in [4.78, 5) is 29.4. The third-order valence-corrected chi connectivity index (χ3v) is 4.85. The first-order chi connectivity index (χ1) is 11.3. The van der Waals surface area contributed by atoms with Gasteiger partial charge in [0.05, 0.1) is 6.54 Å². The number of hydrogen-bond donors (Lipinski definition) is 1. The van der Waals surface area contributed by atoms with Crippen LogP contribution in [0.25, 0.3) is 0 Å². The van der Waals surface area contributed by atoms with Gasteiger partial charge in [0, 0.05) is 39.0 Å². The first-order valence-electron chi connectivity index (χ1n) is 8.90. The van der Waals surface area contributed by atoms with Crippen molar-refractivity contribution >= 4 is 12.0 Å². The molecule has 0 aromatic carbocycles. The Bertz CT molecular complexity index is 447. The highest BCUT2D eigenvalue weighted by Crippen LogP contribution is 2.33. The quantitative estimate of drug-likeness (QED) is 0.740. The molecule has 24 heavy (non-hydrogen) atoms. The summed E-state index contributed by atoms with van der Waals surface area (Å²) in [5, 5.41) is 8.94. The van der Waals surface area contributed by atoms with E-state index in [4.69, 9.17) is 9.84 Å². The molecule has 1 N–H and O–H groups in total. The number of carbonyl (C=O) groups excluding carboxylic acids is 2. The van der Waals surface area contributed by atoms with Gasteiger partial charge < -0.3 is 24.5 Å². The summed E-state index contributed by atoms with van der Waals surface area (Å²) in [5.74, 6) is 0.390. The predicted molar refractivity (Wildman–Crippen MR) is 90.6 cm³/mol. The maximum Gasteiger partial charge on any atom is 0.410 e. The zero-order valence-electron chi connectivity index (χ0n) is 15.2. The second kappa shape index (κ2) is 8.16. The van der Waals surface area contributed by atoms with Gasteiger partial charge in [-0.25, -0.2) is 4.79 Å². The Balaban J connectivity index is 1.76. The van der Waals surface area contributed by atoms with E-state index in [-0.39, 0.29) is 12.0 Å². The van der Waals surface area contributed by atoms with Crippen molar-refractivity contribution in [2.75, 3.05) is 52.9 Å². The highest BCUT2D eigenvalue weighted by Gasteiger charge is 2.47. The number of aliphatic hydroxyl groups excluding tert-OH is 1. The lowest BCUT2D eigenvalue weighted by atomic mass is 9.91. The van der Waals surface area contributed by atoms with Crippen LogP contribution in [0.15, 0.2) is 0 Å². The van der Waals surface area contributed by atoms with Crippen LogP contribution in [0.4, 0.5) is 4.79 Å². The zero-order chi connectivity index (χ0) is 17.7. The minimum Gasteiger partial charge on any atom is -0.441 e. The van der Waals surface area contributed by atoms with E-state index < -0.39 is 12.2 Å². The number of piperidine rings is 1. The summed E-state index contributed by atoms with van der Waals surface area (Å²) in [5.41, 5.74) is -0.451. The third kappa shape index (κ3) is 4.83. The van der Waals surface area contributed by atoms with E-state index in [0.717, 1.165) is 19.5 Å². The second-order valence-corrected chi connectivity index (χ2v) is 7.52. The van der Waals surface area contributed by atoms with Crippen LogP contribution in [0.2, 0.25) is 0 Å². The third-order valence-electron chi connectivity index (χ3n) is 4.85. The Labute approximate surface area is 144 Å². The smallest absolute Gasteiger partial charge is 0.410 e. The molecule has 2 aliphatic rings. The molecule has 1 spiro atoms. The molecule has 2 rings (SSSR count). The molecule has 2 saturated heterocycles. The van der Waals surface area contributed by atoms with E-state index in [0.29, 0.717) is 44.9 Å². The van der Waals surface area contributed by atoms with E-state index in [1.807, 2.05) is 0 Å². The topological polar surface area (TPSA) is 73.3 Å². The van der Waals surface area contributed by atoms with Crippen molar-refractivity contribution in [3.63, 3.8) is 0 Å². The minimum atomic E-state index is -0.456. The molecule has 0 radical (unpaired) electrons. The Morgan fingerprint density at radius 1 is 1.38 bits per heavy atom. The Hall–Kier alpha value is -1.34. The van der Waals surface area contributed by atoms with Crippen LogP contribution in [0.3, 0.4) is 0 Å². The van der Waals surface area contributed by atoms with Gasteiger partial charge in [0.2, 0.25) is 5.91 Å². The standard InChI is InChI=1S/C17H31N3O4/c1-14(2)11-18(3)7-4-8-20-13-17(24-16(20)23)5-9-19(10-6-17)15(22)12-21/h14,21H,4-13H2,1-3H3.